The van der Waals surface area contributed by atoms with Crippen molar-refractivity contribution < 1.29 is 9.53 Å². The van der Waals surface area contributed by atoms with Gasteiger partial charge in [0.05, 0.1) is 18.3 Å². The van der Waals surface area contributed by atoms with E-state index in [1.165, 1.54) is 73.4 Å². The van der Waals surface area contributed by atoms with Crippen LogP contribution in [-0.4, -0.2) is 23.2 Å². The van der Waals surface area contributed by atoms with Gasteiger partial charge in [-0.3, -0.25) is 9.59 Å². The fourth-order valence-electron chi connectivity index (χ4n) is 7.38. The van der Waals surface area contributed by atoms with Crippen molar-refractivity contribution in [1.82, 2.24) is 4.57 Å². The van der Waals surface area contributed by atoms with Crippen molar-refractivity contribution in [3.63, 3.8) is 0 Å². The molecule has 0 aliphatic heterocycles. The summed E-state index contributed by atoms with van der Waals surface area (Å²) >= 11 is 3.48. The Hall–Kier alpha value is -4.51. The van der Waals surface area contributed by atoms with E-state index in [1.807, 2.05) is 30.3 Å². The first-order chi connectivity index (χ1) is 26.5. The van der Waals surface area contributed by atoms with Crippen molar-refractivity contribution in [2.24, 2.45) is 7.05 Å². The van der Waals surface area contributed by atoms with Gasteiger partial charge in [-0.15, -0.1) is 0 Å². The number of amides is 1. The topological polar surface area (TPSA) is 60.3 Å². The quantitative estimate of drug-likeness (QED) is 0.0655. The number of ether oxygens (including phenoxy) is 1. The highest BCUT2D eigenvalue weighted by Crippen LogP contribution is 2.56. The molecule has 278 valence electrons. The number of aryl methyl sites for hydroxylation is 1. The lowest BCUT2D eigenvalue weighted by atomic mass is 10.1. The fraction of sp³-hybridized carbons (Fsp3) is 0.277. The molecule has 6 aromatic rings. The van der Waals surface area contributed by atoms with Crippen LogP contribution in [0.15, 0.2) is 149 Å². The van der Waals surface area contributed by atoms with Crippen LogP contribution < -0.4 is 31.5 Å². The van der Waals surface area contributed by atoms with Gasteiger partial charge < -0.3 is 14.6 Å². The van der Waals surface area contributed by atoms with E-state index in [2.05, 4.69) is 112 Å². The predicted molar refractivity (Wildman–Crippen MR) is 233 cm³/mol. The van der Waals surface area contributed by atoms with Crippen molar-refractivity contribution in [2.75, 3.05) is 18.1 Å². The molecule has 0 fully saturated rings. The number of anilines is 1. The summed E-state index contributed by atoms with van der Waals surface area (Å²) in [4.78, 5) is 25.8. The molecule has 0 bridgehead atoms. The number of pyridine rings is 1. The molecule has 1 amide bonds. The fourth-order valence-corrected chi connectivity index (χ4v) is 12.2. The highest BCUT2D eigenvalue weighted by molar-refractivity contribution is 9.10. The highest BCUT2D eigenvalue weighted by Gasteiger charge is 2.44. The molecule has 1 N–H and O–H groups in total. The van der Waals surface area contributed by atoms with Crippen molar-refractivity contribution in [1.29, 1.82) is 0 Å². The molecule has 0 atom stereocenters. The molecular formula is C47H51BrN2O3P+. The molecule has 1 aromatic heterocycles. The van der Waals surface area contributed by atoms with Gasteiger partial charge in [-0.05, 0) is 104 Å². The average molecular weight is 803 g/mol. The SMILES string of the molecule is Cn1c(=O)c(NC(=O)c2ccc(OCCCCCCCCCCCC[P+](c3ccccc3)(c3ccccc3)c3ccccc3)cc2)cc2cc(Br)ccc21. The van der Waals surface area contributed by atoms with Gasteiger partial charge in [0.2, 0.25) is 0 Å². The lowest BCUT2D eigenvalue weighted by Crippen LogP contribution is -2.33. The first kappa shape index (κ1) is 39.2. The maximum atomic E-state index is 12.9. The number of nitrogens with one attached hydrogen (secondary N) is 1. The Balaban J connectivity index is 0.862. The minimum atomic E-state index is -1.72. The van der Waals surface area contributed by atoms with Crippen molar-refractivity contribution in [2.45, 2.75) is 64.2 Å². The molecule has 6 rings (SSSR count). The Bertz CT molecular complexity index is 2040. The molecule has 0 aliphatic carbocycles. The minimum Gasteiger partial charge on any atom is -0.494 e. The minimum absolute atomic E-state index is 0.248. The standard InChI is InChI=1S/C47H50BrN2O3P/c1-50-45-32-29-39(48)35-38(45)36-44(47(50)52)49-46(51)37-27-30-40(31-28-37)53-33-19-8-6-4-2-3-5-7-9-20-34-54(41-21-13-10-14-22-41,42-23-15-11-16-24-42)43-25-17-12-18-26-43/h10-18,21-32,35-36H,2-9,19-20,33-34H2,1H3/p+1. The van der Waals surface area contributed by atoms with Crippen LogP contribution >= 0.6 is 23.2 Å². The molecular weight excluding hydrogens is 751 g/mol. The van der Waals surface area contributed by atoms with Crippen LogP contribution in [0, 0.1) is 0 Å². The molecule has 7 heteroatoms. The van der Waals surface area contributed by atoms with Gasteiger partial charge in [-0.1, -0.05) is 115 Å². The van der Waals surface area contributed by atoms with Crippen molar-refractivity contribution in [3.05, 3.63) is 160 Å². The third kappa shape index (κ3) is 9.96. The number of halogens is 1. The Morgan fingerprint density at radius 1 is 0.630 bits per heavy atom. The second kappa shape index (κ2) is 19.7. The van der Waals surface area contributed by atoms with Gasteiger partial charge in [0.15, 0.2) is 0 Å². The van der Waals surface area contributed by atoms with Crippen LogP contribution in [0.5, 0.6) is 5.75 Å². The number of nitrogens with zero attached hydrogens (tertiary/aromatic N) is 1. The van der Waals surface area contributed by atoms with E-state index in [4.69, 9.17) is 4.74 Å². The smallest absolute Gasteiger partial charge is 0.274 e. The van der Waals surface area contributed by atoms with E-state index in [0.29, 0.717) is 12.2 Å². The molecule has 5 nitrogen and oxygen atoms in total. The summed E-state index contributed by atoms with van der Waals surface area (Å²) in [5.41, 5.74) is 1.27. The average Bonchev–Trinajstić information content (AvgIpc) is 3.21. The van der Waals surface area contributed by atoms with E-state index in [-0.39, 0.29) is 17.2 Å². The van der Waals surface area contributed by atoms with E-state index in [1.54, 1.807) is 29.8 Å². The van der Waals surface area contributed by atoms with Crippen LogP contribution in [0.1, 0.15) is 74.6 Å². The molecule has 0 radical (unpaired) electrons. The molecule has 54 heavy (non-hydrogen) atoms. The zero-order chi connectivity index (χ0) is 37.6. The van der Waals surface area contributed by atoms with E-state index < -0.39 is 7.26 Å². The Kier molecular flexibility index (Phi) is 14.3. The number of aromatic nitrogens is 1. The molecule has 1 heterocycles. The predicted octanol–water partition coefficient (Wildman–Crippen LogP) is 10.8. The number of hydrogen-bond acceptors (Lipinski definition) is 3. The lowest BCUT2D eigenvalue weighted by Gasteiger charge is -2.27. The van der Waals surface area contributed by atoms with E-state index in [9.17, 15) is 9.59 Å². The van der Waals surface area contributed by atoms with Gasteiger partial charge in [0.25, 0.3) is 11.5 Å². The first-order valence-electron chi connectivity index (χ1n) is 19.3. The van der Waals surface area contributed by atoms with Crippen LogP contribution in [0.2, 0.25) is 0 Å². The van der Waals surface area contributed by atoms with Crippen molar-refractivity contribution >= 4 is 61.6 Å². The molecule has 0 unspecified atom stereocenters. The zero-order valence-corrected chi connectivity index (χ0v) is 33.7. The highest BCUT2D eigenvalue weighted by atomic mass is 79.9. The number of carbonyl (C=O) groups is 1. The summed E-state index contributed by atoms with van der Waals surface area (Å²) < 4.78 is 8.41. The summed E-state index contributed by atoms with van der Waals surface area (Å²) in [6, 6.07) is 48.2. The Morgan fingerprint density at radius 2 is 1.13 bits per heavy atom. The molecule has 0 aliphatic rings. The molecule has 0 saturated heterocycles. The van der Waals surface area contributed by atoms with Gasteiger partial charge in [-0.25, -0.2) is 0 Å². The third-order valence-electron chi connectivity index (χ3n) is 10.3. The summed E-state index contributed by atoms with van der Waals surface area (Å²) in [6.07, 6.45) is 13.6. The molecule has 0 saturated carbocycles. The lowest BCUT2D eigenvalue weighted by molar-refractivity contribution is 0.102. The van der Waals surface area contributed by atoms with E-state index >= 15 is 0 Å². The molecule has 5 aromatic carbocycles. The largest absolute Gasteiger partial charge is 0.494 e. The number of unbranched alkanes of at least 4 members (excludes halogenated alkanes) is 9. The number of hydrogen-bond donors (Lipinski definition) is 1. The van der Waals surface area contributed by atoms with Crippen LogP contribution in [0.4, 0.5) is 5.69 Å². The Morgan fingerprint density at radius 3 is 1.67 bits per heavy atom. The van der Waals surface area contributed by atoms with Crippen LogP contribution in [0.3, 0.4) is 0 Å². The summed E-state index contributed by atoms with van der Waals surface area (Å²) in [5, 5.41) is 8.09. The summed E-state index contributed by atoms with van der Waals surface area (Å²) in [5.74, 6) is 0.416. The maximum Gasteiger partial charge on any atom is 0.274 e. The number of fused-ring (bicyclic) bond motifs is 1. The van der Waals surface area contributed by atoms with Gasteiger partial charge in [0.1, 0.15) is 34.6 Å². The van der Waals surface area contributed by atoms with Gasteiger partial charge in [0, 0.05) is 22.5 Å². The number of rotatable bonds is 19. The summed E-state index contributed by atoms with van der Waals surface area (Å²) in [7, 11) is -0.0116. The van der Waals surface area contributed by atoms with Crippen LogP contribution in [-0.2, 0) is 7.05 Å². The normalized spacial score (nSPS) is 11.4. The second-order valence-electron chi connectivity index (χ2n) is 14.0. The van der Waals surface area contributed by atoms with Gasteiger partial charge >= 0.3 is 0 Å². The number of benzene rings is 5. The third-order valence-corrected chi connectivity index (χ3v) is 15.3. The zero-order valence-electron chi connectivity index (χ0n) is 31.3. The Labute approximate surface area is 329 Å². The van der Waals surface area contributed by atoms with Crippen molar-refractivity contribution in [3.8, 4) is 5.75 Å². The maximum absolute atomic E-state index is 12.9. The number of carbonyl (C=O) groups excluding carboxylic acids is 1. The second-order valence-corrected chi connectivity index (χ2v) is 18.6. The van der Waals surface area contributed by atoms with E-state index in [0.717, 1.165) is 34.0 Å². The molecule has 0 spiro atoms. The monoisotopic (exact) mass is 801 g/mol. The summed E-state index contributed by atoms with van der Waals surface area (Å²) in [6.45, 7) is 0.660. The van der Waals surface area contributed by atoms with Crippen LogP contribution in [0.25, 0.3) is 10.9 Å². The first-order valence-corrected chi connectivity index (χ1v) is 22.1. The van der Waals surface area contributed by atoms with Gasteiger partial charge in [-0.2, -0.15) is 0 Å².